The van der Waals surface area contributed by atoms with E-state index in [1.165, 1.54) is 40.8 Å². The summed E-state index contributed by atoms with van der Waals surface area (Å²) in [6.07, 6.45) is 4.97. The SMILES string of the molecule is Cc1cc([N+](=O)[O-])cnc1NCc1cc2c(s1)CCC2. The van der Waals surface area contributed by atoms with Crippen molar-refractivity contribution in [2.75, 3.05) is 5.32 Å². The normalized spacial score (nSPS) is 13.2. The lowest BCUT2D eigenvalue weighted by atomic mass is 10.2. The summed E-state index contributed by atoms with van der Waals surface area (Å²) in [4.78, 5) is 17.2. The van der Waals surface area contributed by atoms with Crippen molar-refractivity contribution in [3.63, 3.8) is 0 Å². The third kappa shape index (κ3) is 2.51. The van der Waals surface area contributed by atoms with Crippen molar-refractivity contribution < 1.29 is 4.92 Å². The first-order valence-corrected chi connectivity index (χ1v) is 7.40. The Balaban J connectivity index is 1.70. The Bertz CT molecular complexity index is 645. The van der Waals surface area contributed by atoms with Crippen molar-refractivity contribution in [1.29, 1.82) is 0 Å². The molecule has 0 aromatic carbocycles. The molecule has 0 unspecified atom stereocenters. The number of rotatable bonds is 4. The third-order valence-corrected chi connectivity index (χ3v) is 4.74. The minimum absolute atomic E-state index is 0.0307. The number of nitro groups is 1. The van der Waals surface area contributed by atoms with Gasteiger partial charge in [0.1, 0.15) is 12.0 Å². The molecular weight excluding hydrogens is 274 g/mol. The molecule has 0 spiro atoms. The van der Waals surface area contributed by atoms with Crippen LogP contribution in [0.1, 0.15) is 27.3 Å². The first-order chi connectivity index (χ1) is 9.63. The molecular formula is C14H15N3O2S. The second-order valence-electron chi connectivity index (χ2n) is 4.98. The van der Waals surface area contributed by atoms with E-state index < -0.39 is 4.92 Å². The molecule has 0 atom stereocenters. The molecule has 104 valence electrons. The lowest BCUT2D eigenvalue weighted by molar-refractivity contribution is -0.385. The smallest absolute Gasteiger partial charge is 0.287 e. The van der Waals surface area contributed by atoms with E-state index in [9.17, 15) is 10.1 Å². The summed E-state index contributed by atoms with van der Waals surface area (Å²) in [5, 5.41) is 13.9. The quantitative estimate of drug-likeness (QED) is 0.691. The van der Waals surface area contributed by atoms with E-state index in [1.54, 1.807) is 6.07 Å². The molecule has 6 heteroatoms. The van der Waals surface area contributed by atoms with Gasteiger partial charge < -0.3 is 5.32 Å². The van der Waals surface area contributed by atoms with Crippen LogP contribution in [0.2, 0.25) is 0 Å². The number of aryl methyl sites for hydroxylation is 3. The Morgan fingerprint density at radius 2 is 2.30 bits per heavy atom. The zero-order valence-corrected chi connectivity index (χ0v) is 12.0. The van der Waals surface area contributed by atoms with Gasteiger partial charge in [-0.1, -0.05) is 0 Å². The van der Waals surface area contributed by atoms with Gasteiger partial charge in [0.05, 0.1) is 11.5 Å². The number of nitrogens with zero attached hydrogens (tertiary/aromatic N) is 2. The first-order valence-electron chi connectivity index (χ1n) is 6.59. The van der Waals surface area contributed by atoms with Crippen LogP contribution in [0.15, 0.2) is 18.3 Å². The van der Waals surface area contributed by atoms with Crippen LogP contribution in [0, 0.1) is 17.0 Å². The molecule has 3 rings (SSSR count). The van der Waals surface area contributed by atoms with E-state index in [-0.39, 0.29) is 5.69 Å². The van der Waals surface area contributed by atoms with Gasteiger partial charge in [0.2, 0.25) is 0 Å². The zero-order chi connectivity index (χ0) is 14.1. The second-order valence-corrected chi connectivity index (χ2v) is 6.21. The molecule has 1 aliphatic carbocycles. The van der Waals surface area contributed by atoms with E-state index >= 15 is 0 Å². The number of hydrogen-bond acceptors (Lipinski definition) is 5. The Hall–Kier alpha value is -1.95. The van der Waals surface area contributed by atoms with Crippen molar-refractivity contribution in [3.8, 4) is 0 Å². The number of nitrogens with one attached hydrogen (secondary N) is 1. The summed E-state index contributed by atoms with van der Waals surface area (Å²) < 4.78 is 0. The Kier molecular flexibility index (Phi) is 3.40. The van der Waals surface area contributed by atoms with Crippen LogP contribution >= 0.6 is 11.3 Å². The summed E-state index contributed by atoms with van der Waals surface area (Å²) in [7, 11) is 0. The number of hydrogen-bond donors (Lipinski definition) is 1. The van der Waals surface area contributed by atoms with Crippen LogP contribution in [-0.2, 0) is 19.4 Å². The number of aromatic nitrogens is 1. The highest BCUT2D eigenvalue weighted by Crippen LogP contribution is 2.31. The Morgan fingerprint density at radius 1 is 1.45 bits per heavy atom. The highest BCUT2D eigenvalue weighted by molar-refractivity contribution is 7.12. The average Bonchev–Trinajstić information content (AvgIpc) is 2.97. The van der Waals surface area contributed by atoms with Crippen LogP contribution in [0.4, 0.5) is 11.5 Å². The molecule has 0 bridgehead atoms. The first kappa shape index (κ1) is 13.1. The fourth-order valence-electron chi connectivity index (χ4n) is 2.49. The second kappa shape index (κ2) is 5.20. The summed E-state index contributed by atoms with van der Waals surface area (Å²) >= 11 is 1.86. The standard InChI is InChI=1S/C14H15N3O2S/c1-9-5-11(17(18)19)7-15-14(9)16-8-12-6-10-3-2-4-13(10)20-12/h5-7H,2-4,8H2,1H3,(H,15,16). The summed E-state index contributed by atoms with van der Waals surface area (Å²) in [6.45, 7) is 2.56. The van der Waals surface area contributed by atoms with Crippen molar-refractivity contribution in [3.05, 3.63) is 49.3 Å². The average molecular weight is 289 g/mol. The molecule has 1 aliphatic rings. The molecule has 0 amide bonds. The topological polar surface area (TPSA) is 68.1 Å². The highest BCUT2D eigenvalue weighted by Gasteiger charge is 2.15. The van der Waals surface area contributed by atoms with Gasteiger partial charge in [-0.15, -0.1) is 11.3 Å². The molecule has 2 aromatic heterocycles. The van der Waals surface area contributed by atoms with E-state index in [4.69, 9.17) is 0 Å². The van der Waals surface area contributed by atoms with E-state index in [0.717, 1.165) is 12.1 Å². The molecule has 1 N–H and O–H groups in total. The Morgan fingerprint density at radius 3 is 3.00 bits per heavy atom. The minimum atomic E-state index is -0.423. The molecule has 2 aromatic rings. The molecule has 0 fully saturated rings. The summed E-state index contributed by atoms with van der Waals surface area (Å²) in [5.74, 6) is 0.712. The van der Waals surface area contributed by atoms with Gasteiger partial charge in [-0.3, -0.25) is 10.1 Å². The maximum atomic E-state index is 10.7. The number of thiophene rings is 1. The molecule has 0 radical (unpaired) electrons. The third-order valence-electron chi connectivity index (χ3n) is 3.50. The maximum absolute atomic E-state index is 10.7. The van der Waals surface area contributed by atoms with Gasteiger partial charge in [-0.05, 0) is 43.4 Å². The number of anilines is 1. The molecule has 5 nitrogen and oxygen atoms in total. The minimum Gasteiger partial charge on any atom is -0.365 e. The summed E-state index contributed by atoms with van der Waals surface area (Å²) in [5.41, 5.74) is 2.31. The lowest BCUT2D eigenvalue weighted by Crippen LogP contribution is -2.02. The maximum Gasteiger partial charge on any atom is 0.287 e. The van der Waals surface area contributed by atoms with Crippen LogP contribution in [-0.4, -0.2) is 9.91 Å². The summed E-state index contributed by atoms with van der Waals surface area (Å²) in [6, 6.07) is 3.81. The predicted octanol–water partition coefficient (Wildman–Crippen LogP) is 3.46. The van der Waals surface area contributed by atoms with Crippen LogP contribution in [0.3, 0.4) is 0 Å². The van der Waals surface area contributed by atoms with Gasteiger partial charge >= 0.3 is 0 Å². The largest absolute Gasteiger partial charge is 0.365 e. The van der Waals surface area contributed by atoms with E-state index in [2.05, 4.69) is 16.4 Å². The van der Waals surface area contributed by atoms with Gasteiger partial charge in [0, 0.05) is 15.8 Å². The number of pyridine rings is 1. The van der Waals surface area contributed by atoms with Crippen molar-refractivity contribution in [1.82, 2.24) is 4.98 Å². The monoisotopic (exact) mass is 289 g/mol. The zero-order valence-electron chi connectivity index (χ0n) is 11.2. The van der Waals surface area contributed by atoms with Crippen molar-refractivity contribution in [2.45, 2.75) is 32.7 Å². The van der Waals surface area contributed by atoms with Crippen molar-refractivity contribution in [2.24, 2.45) is 0 Å². The van der Waals surface area contributed by atoms with E-state index in [0.29, 0.717) is 5.82 Å². The number of fused-ring (bicyclic) bond motifs is 1. The molecule has 0 aliphatic heterocycles. The van der Waals surface area contributed by atoms with Gasteiger partial charge in [0.15, 0.2) is 0 Å². The predicted molar refractivity (Wildman–Crippen MR) is 79.3 cm³/mol. The van der Waals surface area contributed by atoms with Gasteiger partial charge in [-0.2, -0.15) is 0 Å². The molecule has 0 saturated heterocycles. The van der Waals surface area contributed by atoms with E-state index in [1.807, 2.05) is 18.3 Å². The molecule has 2 heterocycles. The fraction of sp³-hybridized carbons (Fsp3) is 0.357. The fourth-order valence-corrected chi connectivity index (χ4v) is 3.69. The lowest BCUT2D eigenvalue weighted by Gasteiger charge is -2.06. The molecule has 20 heavy (non-hydrogen) atoms. The van der Waals surface area contributed by atoms with Crippen LogP contribution < -0.4 is 5.32 Å². The highest BCUT2D eigenvalue weighted by atomic mass is 32.1. The molecule has 0 saturated carbocycles. The Labute approximate surface area is 120 Å². The van der Waals surface area contributed by atoms with Crippen LogP contribution in [0.25, 0.3) is 0 Å². The van der Waals surface area contributed by atoms with Crippen LogP contribution in [0.5, 0.6) is 0 Å². The van der Waals surface area contributed by atoms with Crippen molar-refractivity contribution >= 4 is 22.8 Å². The van der Waals surface area contributed by atoms with Gasteiger partial charge in [-0.25, -0.2) is 4.98 Å². The van der Waals surface area contributed by atoms with Gasteiger partial charge in [0.25, 0.3) is 5.69 Å².